The van der Waals surface area contributed by atoms with Gasteiger partial charge in [-0.1, -0.05) is 0 Å². The molecule has 0 radical (unpaired) electrons. The molecule has 0 aliphatic carbocycles. The monoisotopic (exact) mass is 206 g/mol. The highest BCUT2D eigenvalue weighted by Crippen LogP contribution is 2.24. The van der Waals surface area contributed by atoms with Crippen LogP contribution >= 0.6 is 11.6 Å². The Morgan fingerprint density at radius 2 is 2.23 bits per heavy atom. The molecule has 0 atom stereocenters. The highest BCUT2D eigenvalue weighted by Gasteiger charge is 2.14. The summed E-state index contributed by atoms with van der Waals surface area (Å²) in [6, 6.07) is 1.46. The van der Waals surface area contributed by atoms with Gasteiger partial charge < -0.3 is 5.73 Å². The minimum atomic E-state index is -2.58. The van der Waals surface area contributed by atoms with Gasteiger partial charge in [0, 0.05) is 0 Å². The van der Waals surface area contributed by atoms with Crippen molar-refractivity contribution >= 4 is 17.3 Å². The standard InChI is InChI=1S/C8H9ClF2N2/c1-4-2-5(12)6(3-9)13-7(4)8(10)11/h2,8H,3,12H2,1H3. The average Bonchev–Trinajstić information content (AvgIpc) is 2.03. The van der Waals surface area contributed by atoms with Crippen LogP contribution in [0.2, 0.25) is 0 Å². The second-order valence-electron chi connectivity index (χ2n) is 2.66. The normalized spacial score (nSPS) is 10.8. The Hall–Kier alpha value is -0.900. The number of pyridine rings is 1. The number of hydrogen-bond donors (Lipinski definition) is 1. The van der Waals surface area contributed by atoms with Crippen molar-refractivity contribution in [2.45, 2.75) is 19.2 Å². The van der Waals surface area contributed by atoms with E-state index in [2.05, 4.69) is 4.98 Å². The maximum Gasteiger partial charge on any atom is 0.280 e. The highest BCUT2D eigenvalue weighted by molar-refractivity contribution is 6.17. The van der Waals surface area contributed by atoms with Crippen LogP contribution < -0.4 is 5.73 Å². The molecule has 0 aromatic carbocycles. The van der Waals surface area contributed by atoms with Gasteiger partial charge in [-0.3, -0.25) is 0 Å². The highest BCUT2D eigenvalue weighted by atomic mass is 35.5. The smallest absolute Gasteiger partial charge is 0.280 e. The third-order valence-corrected chi connectivity index (χ3v) is 1.95. The molecule has 5 heteroatoms. The molecule has 72 valence electrons. The van der Waals surface area contributed by atoms with Crippen molar-refractivity contribution in [1.29, 1.82) is 0 Å². The van der Waals surface area contributed by atoms with Gasteiger partial charge in [-0.25, -0.2) is 13.8 Å². The first-order valence-corrected chi connectivity index (χ1v) is 4.19. The number of anilines is 1. The lowest BCUT2D eigenvalue weighted by atomic mass is 10.2. The van der Waals surface area contributed by atoms with Gasteiger partial charge in [0.2, 0.25) is 0 Å². The van der Waals surface area contributed by atoms with Crippen LogP contribution in [-0.2, 0) is 5.88 Å². The second kappa shape index (κ2) is 3.87. The van der Waals surface area contributed by atoms with E-state index in [9.17, 15) is 8.78 Å². The quantitative estimate of drug-likeness (QED) is 0.756. The number of hydrogen-bond acceptors (Lipinski definition) is 2. The molecule has 0 aliphatic rings. The Morgan fingerprint density at radius 1 is 1.62 bits per heavy atom. The van der Waals surface area contributed by atoms with Gasteiger partial charge in [-0.2, -0.15) is 0 Å². The van der Waals surface area contributed by atoms with Crippen LogP contribution in [0.5, 0.6) is 0 Å². The second-order valence-corrected chi connectivity index (χ2v) is 2.93. The number of aromatic nitrogens is 1. The predicted octanol–water partition coefficient (Wildman–Crippen LogP) is 2.65. The number of aryl methyl sites for hydroxylation is 1. The fourth-order valence-electron chi connectivity index (χ4n) is 1.02. The third-order valence-electron chi connectivity index (χ3n) is 1.70. The van der Waals surface area contributed by atoms with E-state index in [1.807, 2.05) is 0 Å². The molecule has 0 amide bonds. The Bertz CT molecular complexity index is 315. The van der Waals surface area contributed by atoms with E-state index in [-0.39, 0.29) is 11.6 Å². The summed E-state index contributed by atoms with van der Waals surface area (Å²) >= 11 is 5.47. The SMILES string of the molecule is Cc1cc(N)c(CCl)nc1C(F)F. The molecule has 0 saturated carbocycles. The number of alkyl halides is 3. The molecule has 2 nitrogen and oxygen atoms in total. The minimum Gasteiger partial charge on any atom is -0.397 e. The van der Waals surface area contributed by atoms with Gasteiger partial charge in [0.15, 0.2) is 0 Å². The third kappa shape index (κ3) is 2.06. The molecule has 0 spiro atoms. The van der Waals surface area contributed by atoms with E-state index >= 15 is 0 Å². The van der Waals surface area contributed by atoms with Crippen molar-refractivity contribution in [3.63, 3.8) is 0 Å². The molecule has 2 N–H and O–H groups in total. The average molecular weight is 207 g/mol. The van der Waals surface area contributed by atoms with E-state index in [4.69, 9.17) is 17.3 Å². The molecule has 0 bridgehead atoms. The van der Waals surface area contributed by atoms with Crippen molar-refractivity contribution in [3.05, 3.63) is 23.0 Å². The zero-order valence-electron chi connectivity index (χ0n) is 7.02. The maximum atomic E-state index is 12.3. The molecule has 1 aromatic heterocycles. The fourth-order valence-corrected chi connectivity index (χ4v) is 1.23. The Balaban J connectivity index is 3.22. The van der Waals surface area contributed by atoms with Gasteiger partial charge in [0.25, 0.3) is 6.43 Å². The predicted molar refractivity (Wildman–Crippen MR) is 47.9 cm³/mol. The van der Waals surface area contributed by atoms with Gasteiger partial charge in [-0.15, -0.1) is 11.6 Å². The van der Waals surface area contributed by atoms with Crippen molar-refractivity contribution in [2.75, 3.05) is 5.73 Å². The molecule has 0 fully saturated rings. The summed E-state index contributed by atoms with van der Waals surface area (Å²) in [7, 11) is 0. The number of rotatable bonds is 2. The van der Waals surface area contributed by atoms with Gasteiger partial charge in [0.05, 0.1) is 17.3 Å². The molecule has 0 unspecified atom stereocenters. The lowest BCUT2D eigenvalue weighted by Crippen LogP contribution is -2.02. The van der Waals surface area contributed by atoms with Crippen LogP contribution in [-0.4, -0.2) is 4.98 Å². The molecule has 1 heterocycles. The molecule has 0 aliphatic heterocycles. The Morgan fingerprint density at radius 3 is 2.69 bits per heavy atom. The van der Waals surface area contributed by atoms with E-state index < -0.39 is 6.43 Å². The summed E-state index contributed by atoms with van der Waals surface area (Å²) in [6.07, 6.45) is -2.58. The summed E-state index contributed by atoms with van der Waals surface area (Å²) in [4.78, 5) is 3.68. The van der Waals surface area contributed by atoms with Crippen LogP contribution in [0.1, 0.15) is 23.4 Å². The number of nitrogens with zero attached hydrogens (tertiary/aromatic N) is 1. The van der Waals surface area contributed by atoms with Gasteiger partial charge in [-0.05, 0) is 18.6 Å². The van der Waals surface area contributed by atoms with Crippen molar-refractivity contribution < 1.29 is 8.78 Å². The molecule has 1 aromatic rings. The van der Waals surface area contributed by atoms with E-state index in [1.165, 1.54) is 6.07 Å². The minimum absolute atomic E-state index is 0.0475. The Labute approximate surface area is 79.7 Å². The molecule has 13 heavy (non-hydrogen) atoms. The van der Waals surface area contributed by atoms with E-state index in [0.717, 1.165) is 0 Å². The summed E-state index contributed by atoms with van der Waals surface area (Å²) < 4.78 is 24.7. The maximum absolute atomic E-state index is 12.3. The largest absolute Gasteiger partial charge is 0.397 e. The molecule has 1 rings (SSSR count). The molecular formula is C8H9ClF2N2. The number of nitrogen functional groups attached to an aromatic ring is 1. The Kier molecular flexibility index (Phi) is 3.03. The summed E-state index contributed by atoms with van der Waals surface area (Å²) in [5, 5.41) is 0. The molecule has 0 saturated heterocycles. The zero-order valence-corrected chi connectivity index (χ0v) is 7.78. The first kappa shape index (κ1) is 10.2. The van der Waals surface area contributed by atoms with Crippen molar-refractivity contribution in [2.24, 2.45) is 0 Å². The van der Waals surface area contributed by atoms with Crippen LogP contribution in [0, 0.1) is 6.92 Å². The number of nitrogens with two attached hydrogens (primary N) is 1. The van der Waals surface area contributed by atoms with Crippen molar-refractivity contribution in [1.82, 2.24) is 4.98 Å². The lowest BCUT2D eigenvalue weighted by Gasteiger charge is -2.07. The number of halogens is 3. The van der Waals surface area contributed by atoms with Crippen LogP contribution in [0.3, 0.4) is 0 Å². The van der Waals surface area contributed by atoms with Gasteiger partial charge in [0.1, 0.15) is 5.69 Å². The van der Waals surface area contributed by atoms with Crippen molar-refractivity contribution in [3.8, 4) is 0 Å². The summed E-state index contributed by atoms with van der Waals surface area (Å²) in [5.74, 6) is 0.0475. The lowest BCUT2D eigenvalue weighted by molar-refractivity contribution is 0.145. The van der Waals surface area contributed by atoms with Crippen LogP contribution in [0.25, 0.3) is 0 Å². The first-order chi connectivity index (χ1) is 6.06. The van der Waals surface area contributed by atoms with Crippen LogP contribution in [0.15, 0.2) is 6.07 Å². The molecular weight excluding hydrogens is 198 g/mol. The zero-order chi connectivity index (χ0) is 10.0. The first-order valence-electron chi connectivity index (χ1n) is 3.66. The summed E-state index contributed by atoms with van der Waals surface area (Å²) in [6.45, 7) is 1.54. The fraction of sp³-hybridized carbons (Fsp3) is 0.375. The topological polar surface area (TPSA) is 38.9 Å². The van der Waals surface area contributed by atoms with Gasteiger partial charge >= 0.3 is 0 Å². The summed E-state index contributed by atoms with van der Waals surface area (Å²) in [5.41, 5.74) is 6.32. The van der Waals surface area contributed by atoms with E-state index in [1.54, 1.807) is 6.92 Å². The van der Waals surface area contributed by atoms with Crippen LogP contribution in [0.4, 0.5) is 14.5 Å². The van der Waals surface area contributed by atoms with E-state index in [0.29, 0.717) is 16.9 Å².